The Bertz CT molecular complexity index is 1260. The number of halogens is 1. The standard InChI is InChI=1S/C24H21ClN2O2S/c1-15-5-6-16(2)22-20(15)12-18(23(28)26-22)14-27(24(29)21-4-3-11-30-21)13-17-7-9-19(25)10-8-17/h3-12H,13-14H2,1-2H3,(H,26,28). The van der Waals surface area contributed by atoms with Gasteiger partial charge in [-0.25, -0.2) is 0 Å². The lowest BCUT2D eigenvalue weighted by molar-refractivity contribution is 0.0734. The van der Waals surface area contributed by atoms with Gasteiger partial charge in [-0.1, -0.05) is 41.9 Å². The number of rotatable bonds is 5. The van der Waals surface area contributed by atoms with E-state index >= 15 is 0 Å². The summed E-state index contributed by atoms with van der Waals surface area (Å²) >= 11 is 7.40. The fourth-order valence-corrected chi connectivity index (χ4v) is 4.32. The predicted molar refractivity (Wildman–Crippen MR) is 123 cm³/mol. The Morgan fingerprint density at radius 3 is 2.47 bits per heavy atom. The summed E-state index contributed by atoms with van der Waals surface area (Å²) in [7, 11) is 0. The lowest BCUT2D eigenvalue weighted by Gasteiger charge is -2.22. The molecule has 0 aliphatic rings. The highest BCUT2D eigenvalue weighted by Gasteiger charge is 2.19. The Labute approximate surface area is 183 Å². The molecule has 4 rings (SSSR count). The van der Waals surface area contributed by atoms with Crippen molar-refractivity contribution in [1.29, 1.82) is 0 Å². The van der Waals surface area contributed by atoms with Crippen LogP contribution in [0.3, 0.4) is 0 Å². The van der Waals surface area contributed by atoms with E-state index in [1.165, 1.54) is 11.3 Å². The molecule has 0 spiro atoms. The second-order valence-electron chi connectivity index (χ2n) is 7.38. The summed E-state index contributed by atoms with van der Waals surface area (Å²) in [5.74, 6) is -0.0968. The number of pyridine rings is 1. The summed E-state index contributed by atoms with van der Waals surface area (Å²) < 4.78 is 0. The number of hydrogen-bond donors (Lipinski definition) is 1. The second kappa shape index (κ2) is 8.46. The predicted octanol–water partition coefficient (Wildman–Crippen LogP) is 5.70. The molecule has 0 saturated carbocycles. The number of nitrogens with zero attached hydrogens (tertiary/aromatic N) is 1. The molecule has 0 aliphatic carbocycles. The molecule has 1 amide bonds. The van der Waals surface area contributed by atoms with Crippen molar-refractivity contribution in [3.63, 3.8) is 0 Å². The Morgan fingerprint density at radius 1 is 1.03 bits per heavy atom. The number of aromatic nitrogens is 1. The van der Waals surface area contributed by atoms with Gasteiger partial charge in [0.2, 0.25) is 0 Å². The number of benzene rings is 2. The third-order valence-electron chi connectivity index (χ3n) is 5.19. The molecule has 2 heterocycles. The number of fused-ring (bicyclic) bond motifs is 1. The maximum absolute atomic E-state index is 13.2. The largest absolute Gasteiger partial charge is 0.329 e. The van der Waals surface area contributed by atoms with E-state index < -0.39 is 0 Å². The average Bonchev–Trinajstić information content (AvgIpc) is 3.27. The van der Waals surface area contributed by atoms with Crippen molar-refractivity contribution in [3.05, 3.63) is 102 Å². The third-order valence-corrected chi connectivity index (χ3v) is 6.30. The Morgan fingerprint density at radius 2 is 1.77 bits per heavy atom. The summed E-state index contributed by atoms with van der Waals surface area (Å²) in [6.07, 6.45) is 0. The van der Waals surface area contributed by atoms with Crippen LogP contribution in [0, 0.1) is 13.8 Å². The van der Waals surface area contributed by atoms with E-state index in [1.54, 1.807) is 23.1 Å². The molecule has 2 aromatic heterocycles. The Kier molecular flexibility index (Phi) is 5.75. The molecule has 0 bridgehead atoms. The highest BCUT2D eigenvalue weighted by Crippen LogP contribution is 2.22. The highest BCUT2D eigenvalue weighted by atomic mass is 35.5. The number of nitrogens with one attached hydrogen (secondary N) is 1. The Hall–Kier alpha value is -2.89. The smallest absolute Gasteiger partial charge is 0.264 e. The van der Waals surface area contributed by atoms with Crippen molar-refractivity contribution in [1.82, 2.24) is 9.88 Å². The monoisotopic (exact) mass is 436 g/mol. The molecule has 0 radical (unpaired) electrons. The minimum atomic E-state index is -0.170. The number of H-pyrrole nitrogens is 1. The zero-order chi connectivity index (χ0) is 21.3. The summed E-state index contributed by atoms with van der Waals surface area (Å²) in [5.41, 5.74) is 4.30. The molecule has 0 saturated heterocycles. The summed E-state index contributed by atoms with van der Waals surface area (Å²) in [4.78, 5) is 31.4. The van der Waals surface area contributed by atoms with E-state index in [0.717, 1.165) is 27.6 Å². The van der Waals surface area contributed by atoms with Crippen LogP contribution in [0.25, 0.3) is 10.9 Å². The van der Waals surface area contributed by atoms with Crippen LogP contribution in [0.5, 0.6) is 0 Å². The van der Waals surface area contributed by atoms with Gasteiger partial charge >= 0.3 is 0 Å². The lowest BCUT2D eigenvalue weighted by atomic mass is 10.0. The fraction of sp³-hybridized carbons (Fsp3) is 0.167. The minimum absolute atomic E-state index is 0.0968. The second-order valence-corrected chi connectivity index (χ2v) is 8.76. The van der Waals surface area contributed by atoms with Crippen LogP contribution >= 0.6 is 22.9 Å². The molecule has 1 N–H and O–H groups in total. The number of aryl methyl sites for hydroxylation is 2. The molecule has 0 fully saturated rings. The zero-order valence-electron chi connectivity index (χ0n) is 16.7. The first kappa shape index (κ1) is 20.4. The van der Waals surface area contributed by atoms with Gasteiger partial charge < -0.3 is 9.88 Å². The molecule has 0 unspecified atom stereocenters. The third kappa shape index (κ3) is 4.18. The van der Waals surface area contributed by atoms with Crippen molar-refractivity contribution in [2.24, 2.45) is 0 Å². The van der Waals surface area contributed by atoms with Gasteiger partial charge in [-0.15, -0.1) is 11.3 Å². The van der Waals surface area contributed by atoms with Gasteiger partial charge in [-0.2, -0.15) is 0 Å². The number of hydrogen-bond acceptors (Lipinski definition) is 3. The number of amides is 1. The van der Waals surface area contributed by atoms with Crippen LogP contribution in [0.15, 0.2) is 64.8 Å². The molecule has 4 nitrogen and oxygen atoms in total. The van der Waals surface area contributed by atoms with Gasteiger partial charge in [0.25, 0.3) is 11.5 Å². The summed E-state index contributed by atoms with van der Waals surface area (Å²) in [6, 6.07) is 17.0. The molecule has 2 aromatic carbocycles. The average molecular weight is 437 g/mol. The number of aromatic amines is 1. The fourth-order valence-electron chi connectivity index (χ4n) is 3.51. The van der Waals surface area contributed by atoms with Crippen LogP contribution in [0.2, 0.25) is 5.02 Å². The van der Waals surface area contributed by atoms with E-state index in [1.807, 2.05) is 55.6 Å². The van der Waals surface area contributed by atoms with Crippen LogP contribution in [-0.4, -0.2) is 15.8 Å². The van der Waals surface area contributed by atoms with Crippen molar-refractivity contribution in [2.45, 2.75) is 26.9 Å². The molecular formula is C24H21ClN2O2S. The molecular weight excluding hydrogens is 416 g/mol. The molecule has 152 valence electrons. The summed E-state index contributed by atoms with van der Waals surface area (Å²) in [6.45, 7) is 4.60. The zero-order valence-corrected chi connectivity index (χ0v) is 18.3. The van der Waals surface area contributed by atoms with Crippen molar-refractivity contribution >= 4 is 39.7 Å². The topological polar surface area (TPSA) is 53.2 Å². The van der Waals surface area contributed by atoms with Gasteiger partial charge in [-0.05, 0) is 60.2 Å². The molecule has 6 heteroatoms. The van der Waals surface area contributed by atoms with E-state index in [4.69, 9.17) is 11.6 Å². The number of carbonyl (C=O) groups excluding carboxylic acids is 1. The molecule has 0 aliphatic heterocycles. The van der Waals surface area contributed by atoms with Gasteiger partial charge in [0.15, 0.2) is 0 Å². The van der Waals surface area contributed by atoms with E-state index in [9.17, 15) is 9.59 Å². The van der Waals surface area contributed by atoms with Gasteiger partial charge in [0.1, 0.15) is 0 Å². The van der Waals surface area contributed by atoms with Gasteiger partial charge in [0, 0.05) is 22.5 Å². The number of carbonyl (C=O) groups is 1. The van der Waals surface area contributed by atoms with Crippen LogP contribution < -0.4 is 5.56 Å². The maximum Gasteiger partial charge on any atom is 0.264 e. The first-order chi connectivity index (χ1) is 14.4. The lowest BCUT2D eigenvalue weighted by Crippen LogP contribution is -2.32. The van der Waals surface area contributed by atoms with Crippen molar-refractivity contribution in [3.8, 4) is 0 Å². The first-order valence-corrected chi connectivity index (χ1v) is 10.9. The normalized spacial score (nSPS) is 11.0. The van der Waals surface area contributed by atoms with Crippen molar-refractivity contribution < 1.29 is 4.79 Å². The van der Waals surface area contributed by atoms with Gasteiger partial charge in [-0.3, -0.25) is 9.59 Å². The minimum Gasteiger partial charge on any atom is -0.329 e. The molecule has 30 heavy (non-hydrogen) atoms. The van der Waals surface area contributed by atoms with Gasteiger partial charge in [0.05, 0.1) is 16.9 Å². The number of thiophene rings is 1. The SMILES string of the molecule is Cc1ccc(C)c2[nH]c(=O)c(CN(Cc3ccc(Cl)cc3)C(=O)c3cccs3)cc12. The van der Waals surface area contributed by atoms with E-state index in [-0.39, 0.29) is 18.0 Å². The molecule has 0 atom stereocenters. The molecule has 4 aromatic rings. The van der Waals surface area contributed by atoms with Crippen LogP contribution in [0.4, 0.5) is 0 Å². The highest BCUT2D eigenvalue weighted by molar-refractivity contribution is 7.12. The van der Waals surface area contributed by atoms with Crippen LogP contribution in [-0.2, 0) is 13.1 Å². The first-order valence-electron chi connectivity index (χ1n) is 9.61. The maximum atomic E-state index is 13.2. The van der Waals surface area contributed by atoms with E-state index in [0.29, 0.717) is 22.0 Å². The van der Waals surface area contributed by atoms with E-state index in [2.05, 4.69) is 4.98 Å². The van der Waals surface area contributed by atoms with Crippen LogP contribution in [0.1, 0.15) is 31.9 Å². The summed E-state index contributed by atoms with van der Waals surface area (Å²) in [5, 5.41) is 3.52. The quantitative estimate of drug-likeness (QED) is 0.436. The Balaban J connectivity index is 1.73. The van der Waals surface area contributed by atoms with Crippen molar-refractivity contribution in [2.75, 3.05) is 0 Å².